The van der Waals surface area contributed by atoms with Crippen molar-refractivity contribution in [3.05, 3.63) is 40.8 Å². The van der Waals surface area contributed by atoms with Gasteiger partial charge in [-0.25, -0.2) is 9.97 Å². The number of ether oxygens (including phenoxy) is 1. The molecule has 1 aromatic carbocycles. The summed E-state index contributed by atoms with van der Waals surface area (Å²) in [6.07, 6.45) is 5.01. The van der Waals surface area contributed by atoms with Crippen molar-refractivity contribution in [2.24, 2.45) is 0 Å². The molecule has 0 saturated heterocycles. The molecule has 0 unspecified atom stereocenters. The normalized spacial score (nSPS) is 10.4. The highest BCUT2D eigenvalue weighted by atomic mass is 35.5. The molecule has 0 aliphatic rings. The van der Waals surface area contributed by atoms with Gasteiger partial charge in [-0.2, -0.15) is 0 Å². The number of rotatable bonds is 7. The number of carbonyl (C=O) groups excluding carboxylic acids is 1. The van der Waals surface area contributed by atoms with Crippen LogP contribution in [0.5, 0.6) is 5.75 Å². The fourth-order valence-corrected chi connectivity index (χ4v) is 2.42. The number of carbonyl (C=O) groups is 1. The smallest absolute Gasteiger partial charge is 0.273 e. The number of benzene rings is 1. The first-order chi connectivity index (χ1) is 12.0. The summed E-state index contributed by atoms with van der Waals surface area (Å²) in [4.78, 5) is 22.4. The topological polar surface area (TPSA) is 67.4 Å². The second-order valence-corrected chi connectivity index (χ2v) is 6.20. The minimum atomic E-state index is -0.132. The summed E-state index contributed by atoms with van der Waals surface area (Å²) in [5.74, 6) is 0.997. The first kappa shape index (κ1) is 19.0. The number of unbranched alkanes of at least 4 members (excludes halogenated alkanes) is 1. The second-order valence-electron chi connectivity index (χ2n) is 5.79. The fraction of sp³-hybridized carbons (Fsp3) is 0.389. The lowest BCUT2D eigenvalue weighted by Crippen LogP contribution is -2.28. The molecule has 0 radical (unpaired) electrons. The van der Waals surface area contributed by atoms with Crippen molar-refractivity contribution in [1.82, 2.24) is 14.9 Å². The molecule has 0 bridgehead atoms. The summed E-state index contributed by atoms with van der Waals surface area (Å²) in [5.41, 5.74) is 1.98. The standard InChI is InChI=1S/C18H23ClN4O2/c1-5-6-7-23(3)18(24)15-10-21-17(11-20-15)22-14-8-12(2)13(19)9-16(14)25-4/h8-11H,5-7H2,1-4H3,(H,21,22). The van der Waals surface area contributed by atoms with Gasteiger partial charge in [-0.05, 0) is 25.0 Å². The lowest BCUT2D eigenvalue weighted by Gasteiger charge is -2.16. The highest BCUT2D eigenvalue weighted by Crippen LogP contribution is 2.32. The van der Waals surface area contributed by atoms with Gasteiger partial charge in [0.05, 0.1) is 25.2 Å². The van der Waals surface area contributed by atoms with Crippen molar-refractivity contribution in [1.29, 1.82) is 0 Å². The number of methoxy groups -OCH3 is 1. The van der Waals surface area contributed by atoms with Crippen LogP contribution in [0.25, 0.3) is 0 Å². The molecule has 25 heavy (non-hydrogen) atoms. The monoisotopic (exact) mass is 362 g/mol. The van der Waals surface area contributed by atoms with Crippen molar-refractivity contribution in [2.75, 3.05) is 26.0 Å². The molecule has 134 valence electrons. The Morgan fingerprint density at radius 1 is 1.32 bits per heavy atom. The summed E-state index contributed by atoms with van der Waals surface area (Å²) in [6, 6.07) is 3.62. The molecule has 1 amide bonds. The Kier molecular flexibility index (Phi) is 6.58. The molecule has 1 N–H and O–H groups in total. The van der Waals surface area contributed by atoms with E-state index in [9.17, 15) is 4.79 Å². The minimum Gasteiger partial charge on any atom is -0.495 e. The fourth-order valence-electron chi connectivity index (χ4n) is 2.26. The third-order valence-corrected chi connectivity index (χ3v) is 4.22. The molecule has 7 heteroatoms. The average molecular weight is 363 g/mol. The largest absolute Gasteiger partial charge is 0.495 e. The number of hydrogen-bond donors (Lipinski definition) is 1. The molecule has 1 aromatic heterocycles. The van der Waals surface area contributed by atoms with Crippen molar-refractivity contribution < 1.29 is 9.53 Å². The SMILES string of the molecule is CCCCN(C)C(=O)c1cnc(Nc2cc(C)c(Cl)cc2OC)cn1. The summed E-state index contributed by atoms with van der Waals surface area (Å²) < 4.78 is 5.33. The van der Waals surface area contributed by atoms with Crippen molar-refractivity contribution >= 4 is 29.0 Å². The van der Waals surface area contributed by atoms with E-state index >= 15 is 0 Å². The van der Waals surface area contributed by atoms with E-state index in [1.807, 2.05) is 13.0 Å². The molecule has 2 aromatic rings. The van der Waals surface area contributed by atoms with Crippen LogP contribution in [0, 0.1) is 6.92 Å². The molecule has 0 fully saturated rings. The number of halogens is 1. The number of aromatic nitrogens is 2. The van der Waals surface area contributed by atoms with Crippen LogP contribution in [-0.4, -0.2) is 41.5 Å². The second kappa shape index (κ2) is 8.67. The summed E-state index contributed by atoms with van der Waals surface area (Å²) in [5, 5.41) is 3.77. The number of amides is 1. The lowest BCUT2D eigenvalue weighted by atomic mass is 10.2. The maximum absolute atomic E-state index is 12.3. The molecule has 2 rings (SSSR count). The Bertz CT molecular complexity index is 735. The van der Waals surface area contributed by atoms with Crippen LogP contribution in [0.4, 0.5) is 11.5 Å². The number of nitrogens with zero attached hydrogens (tertiary/aromatic N) is 3. The Balaban J connectivity index is 2.13. The average Bonchev–Trinajstić information content (AvgIpc) is 2.62. The van der Waals surface area contributed by atoms with E-state index in [-0.39, 0.29) is 5.91 Å². The van der Waals surface area contributed by atoms with Gasteiger partial charge in [-0.15, -0.1) is 0 Å². The third kappa shape index (κ3) is 4.82. The van der Waals surface area contributed by atoms with Gasteiger partial charge in [0.15, 0.2) is 0 Å². The van der Waals surface area contributed by atoms with E-state index in [1.54, 1.807) is 25.1 Å². The summed E-state index contributed by atoms with van der Waals surface area (Å²) >= 11 is 6.11. The minimum absolute atomic E-state index is 0.132. The van der Waals surface area contributed by atoms with Gasteiger partial charge in [0.1, 0.15) is 17.3 Å². The molecule has 0 aliphatic heterocycles. The van der Waals surface area contributed by atoms with E-state index < -0.39 is 0 Å². The van der Waals surface area contributed by atoms with Crippen molar-refractivity contribution in [3.63, 3.8) is 0 Å². The number of aryl methyl sites for hydroxylation is 1. The number of anilines is 2. The first-order valence-electron chi connectivity index (χ1n) is 8.15. The zero-order chi connectivity index (χ0) is 18.4. The van der Waals surface area contributed by atoms with Crippen LogP contribution in [-0.2, 0) is 0 Å². The quantitative estimate of drug-likeness (QED) is 0.804. The van der Waals surface area contributed by atoms with Crippen molar-refractivity contribution in [2.45, 2.75) is 26.7 Å². The lowest BCUT2D eigenvalue weighted by molar-refractivity contribution is 0.0787. The van der Waals surface area contributed by atoms with Gasteiger partial charge in [-0.3, -0.25) is 4.79 Å². The van der Waals surface area contributed by atoms with Crippen LogP contribution in [0.2, 0.25) is 5.02 Å². The van der Waals surface area contributed by atoms with E-state index in [0.717, 1.165) is 24.1 Å². The van der Waals surface area contributed by atoms with Gasteiger partial charge in [-0.1, -0.05) is 24.9 Å². The predicted octanol–water partition coefficient (Wildman–Crippen LogP) is 4.06. The van der Waals surface area contributed by atoms with Crippen LogP contribution >= 0.6 is 11.6 Å². The van der Waals surface area contributed by atoms with Crippen LogP contribution < -0.4 is 10.1 Å². The van der Waals surface area contributed by atoms with Gasteiger partial charge in [0.2, 0.25) is 0 Å². The maximum atomic E-state index is 12.3. The van der Waals surface area contributed by atoms with Crippen molar-refractivity contribution in [3.8, 4) is 5.75 Å². The predicted molar refractivity (Wildman–Crippen MR) is 99.9 cm³/mol. The Morgan fingerprint density at radius 2 is 2.08 bits per heavy atom. The van der Waals surface area contributed by atoms with Gasteiger partial charge < -0.3 is 15.0 Å². The van der Waals surface area contributed by atoms with E-state index in [0.29, 0.717) is 28.8 Å². The summed E-state index contributed by atoms with van der Waals surface area (Å²) in [6.45, 7) is 4.70. The van der Waals surface area contributed by atoms with E-state index in [4.69, 9.17) is 16.3 Å². The number of nitrogens with one attached hydrogen (secondary N) is 1. The van der Waals surface area contributed by atoms with Gasteiger partial charge >= 0.3 is 0 Å². The van der Waals surface area contributed by atoms with Crippen LogP contribution in [0.15, 0.2) is 24.5 Å². The Hall–Kier alpha value is -2.34. The van der Waals surface area contributed by atoms with E-state index in [1.165, 1.54) is 12.4 Å². The molecular weight excluding hydrogens is 340 g/mol. The van der Waals surface area contributed by atoms with Crippen LogP contribution in [0.3, 0.4) is 0 Å². The van der Waals surface area contributed by atoms with Crippen LogP contribution in [0.1, 0.15) is 35.8 Å². The van der Waals surface area contributed by atoms with E-state index in [2.05, 4.69) is 22.2 Å². The Labute approximate surface area is 153 Å². The third-order valence-electron chi connectivity index (χ3n) is 3.81. The highest BCUT2D eigenvalue weighted by Gasteiger charge is 2.14. The summed E-state index contributed by atoms with van der Waals surface area (Å²) in [7, 11) is 3.35. The molecule has 6 nitrogen and oxygen atoms in total. The molecule has 0 saturated carbocycles. The number of hydrogen-bond acceptors (Lipinski definition) is 5. The maximum Gasteiger partial charge on any atom is 0.273 e. The highest BCUT2D eigenvalue weighted by molar-refractivity contribution is 6.31. The van der Waals surface area contributed by atoms with Gasteiger partial charge in [0.25, 0.3) is 5.91 Å². The molecule has 0 spiro atoms. The molecule has 1 heterocycles. The molecular formula is C18H23ClN4O2. The van der Waals surface area contributed by atoms with Gasteiger partial charge in [0, 0.05) is 24.7 Å². The molecule has 0 aliphatic carbocycles. The Morgan fingerprint density at radius 3 is 2.68 bits per heavy atom. The zero-order valence-corrected chi connectivity index (χ0v) is 15.7. The zero-order valence-electron chi connectivity index (χ0n) is 15.0. The molecule has 0 atom stereocenters. The first-order valence-corrected chi connectivity index (χ1v) is 8.52.